The second-order valence-electron chi connectivity index (χ2n) is 1.67. The third-order valence-electron chi connectivity index (χ3n) is 1.02. The summed E-state index contributed by atoms with van der Waals surface area (Å²) in [6.45, 7) is 4.04. The molecule has 54 valence electrons. The molecule has 0 atom stereocenters. The van der Waals surface area contributed by atoms with Crippen LogP contribution in [0.15, 0.2) is 12.2 Å². The highest BCUT2D eigenvalue weighted by molar-refractivity contribution is 4.99. The van der Waals surface area contributed by atoms with Crippen molar-refractivity contribution in [3.8, 4) is 0 Å². The maximum atomic E-state index is 5.26. The zero-order valence-electron chi connectivity index (χ0n) is 5.89. The lowest BCUT2D eigenvalue weighted by molar-refractivity contribution is -0.0750. The summed E-state index contributed by atoms with van der Waals surface area (Å²) < 4.78 is 9.70. The van der Waals surface area contributed by atoms with Crippen molar-refractivity contribution in [2.45, 2.75) is 6.29 Å². The Morgan fingerprint density at radius 1 is 1.56 bits per heavy atom. The lowest BCUT2D eigenvalue weighted by atomic mass is 10.3. The fourth-order valence-electron chi connectivity index (χ4n) is 0.526. The summed E-state index contributed by atoms with van der Waals surface area (Å²) in [6, 6.07) is 0. The van der Waals surface area contributed by atoms with Crippen molar-refractivity contribution >= 4 is 0 Å². The molecular formula is C6H13NO2. The highest BCUT2D eigenvalue weighted by Gasteiger charge is 2.06. The fourth-order valence-corrected chi connectivity index (χ4v) is 0.526. The molecule has 0 saturated carbocycles. The first-order valence-corrected chi connectivity index (χ1v) is 2.69. The minimum atomic E-state index is -0.352. The predicted octanol–water partition coefficient (Wildman–Crippen LogP) is 0.120. The number of rotatable bonds is 4. The first-order chi connectivity index (χ1) is 4.26. The van der Waals surface area contributed by atoms with Gasteiger partial charge in [0.15, 0.2) is 6.29 Å². The highest BCUT2D eigenvalue weighted by Crippen LogP contribution is 2.00. The van der Waals surface area contributed by atoms with Crippen LogP contribution in [0.3, 0.4) is 0 Å². The zero-order chi connectivity index (χ0) is 7.28. The molecule has 0 spiro atoms. The molecule has 0 radical (unpaired) electrons. The maximum absolute atomic E-state index is 5.26. The molecule has 0 aliphatic carbocycles. The van der Waals surface area contributed by atoms with Gasteiger partial charge in [-0.3, -0.25) is 0 Å². The number of methoxy groups -OCH3 is 2. The van der Waals surface area contributed by atoms with Crippen LogP contribution in [0.5, 0.6) is 0 Å². The van der Waals surface area contributed by atoms with Crippen molar-refractivity contribution in [3.05, 3.63) is 12.2 Å². The lowest BCUT2D eigenvalue weighted by Crippen LogP contribution is -2.20. The van der Waals surface area contributed by atoms with Crippen LogP contribution in [0.1, 0.15) is 0 Å². The number of hydrogen-bond acceptors (Lipinski definition) is 3. The van der Waals surface area contributed by atoms with E-state index in [0.717, 1.165) is 5.57 Å². The van der Waals surface area contributed by atoms with Crippen LogP contribution in [0.4, 0.5) is 0 Å². The van der Waals surface area contributed by atoms with E-state index in [4.69, 9.17) is 15.2 Å². The molecule has 0 heterocycles. The van der Waals surface area contributed by atoms with Gasteiger partial charge in [-0.2, -0.15) is 0 Å². The van der Waals surface area contributed by atoms with Crippen molar-refractivity contribution in [1.82, 2.24) is 0 Å². The standard InChI is InChI=1S/C6H13NO2/c1-5(4-7)6(8-2)9-3/h6H,1,4,7H2,2-3H3. The van der Waals surface area contributed by atoms with Gasteiger partial charge in [-0.25, -0.2) is 0 Å². The van der Waals surface area contributed by atoms with Crippen LogP contribution in [-0.2, 0) is 9.47 Å². The van der Waals surface area contributed by atoms with Crippen LogP contribution in [0.2, 0.25) is 0 Å². The Labute approximate surface area is 55.4 Å². The summed E-state index contributed by atoms with van der Waals surface area (Å²) in [4.78, 5) is 0. The minimum absolute atomic E-state index is 0.352. The molecule has 2 N–H and O–H groups in total. The van der Waals surface area contributed by atoms with Crippen molar-refractivity contribution in [2.75, 3.05) is 20.8 Å². The van der Waals surface area contributed by atoms with E-state index in [9.17, 15) is 0 Å². The van der Waals surface area contributed by atoms with Crippen molar-refractivity contribution in [3.63, 3.8) is 0 Å². The number of nitrogens with two attached hydrogens (primary N) is 1. The quantitative estimate of drug-likeness (QED) is 0.435. The molecule has 0 aromatic heterocycles. The van der Waals surface area contributed by atoms with Crippen molar-refractivity contribution in [1.29, 1.82) is 0 Å². The molecule has 0 rings (SSSR count). The molecule has 0 aliphatic rings. The Kier molecular flexibility index (Phi) is 4.30. The Morgan fingerprint density at radius 3 is 2.11 bits per heavy atom. The third kappa shape index (κ3) is 2.60. The monoisotopic (exact) mass is 131 g/mol. The summed E-state index contributed by atoms with van der Waals surface area (Å²) in [5, 5.41) is 0. The van der Waals surface area contributed by atoms with Crippen LogP contribution in [0.25, 0.3) is 0 Å². The van der Waals surface area contributed by atoms with Crippen molar-refractivity contribution < 1.29 is 9.47 Å². The van der Waals surface area contributed by atoms with E-state index in [1.807, 2.05) is 0 Å². The molecule has 0 fully saturated rings. The Hall–Kier alpha value is -0.380. The average Bonchev–Trinajstić information content (AvgIpc) is 1.90. The molecular weight excluding hydrogens is 118 g/mol. The molecule has 0 bridgehead atoms. The average molecular weight is 131 g/mol. The van der Waals surface area contributed by atoms with Crippen LogP contribution in [0, 0.1) is 0 Å². The zero-order valence-corrected chi connectivity index (χ0v) is 5.89. The molecule has 0 unspecified atom stereocenters. The molecule has 9 heavy (non-hydrogen) atoms. The Balaban J connectivity index is 3.64. The summed E-state index contributed by atoms with van der Waals surface area (Å²) in [6.07, 6.45) is -0.352. The topological polar surface area (TPSA) is 44.5 Å². The molecule has 3 heteroatoms. The normalized spacial score (nSPS) is 10.2. The Morgan fingerprint density at radius 2 is 2.00 bits per heavy atom. The summed E-state index contributed by atoms with van der Waals surface area (Å²) >= 11 is 0. The SMILES string of the molecule is C=C(CN)C(OC)OC. The van der Waals surface area contributed by atoms with Gasteiger partial charge >= 0.3 is 0 Å². The van der Waals surface area contributed by atoms with E-state index >= 15 is 0 Å². The van der Waals surface area contributed by atoms with E-state index < -0.39 is 0 Å². The Bertz CT molecular complexity index is 89.1. The number of hydrogen-bond donors (Lipinski definition) is 1. The summed E-state index contributed by atoms with van der Waals surface area (Å²) in [5.41, 5.74) is 6.01. The van der Waals surface area contributed by atoms with E-state index in [2.05, 4.69) is 6.58 Å². The molecule has 0 amide bonds. The summed E-state index contributed by atoms with van der Waals surface area (Å²) in [5.74, 6) is 0. The molecule has 0 aliphatic heterocycles. The van der Waals surface area contributed by atoms with E-state index in [-0.39, 0.29) is 6.29 Å². The molecule has 0 saturated heterocycles. The minimum Gasteiger partial charge on any atom is -0.352 e. The fraction of sp³-hybridized carbons (Fsp3) is 0.667. The van der Waals surface area contributed by atoms with Gasteiger partial charge in [0, 0.05) is 20.8 Å². The third-order valence-corrected chi connectivity index (χ3v) is 1.02. The smallest absolute Gasteiger partial charge is 0.180 e. The van der Waals surface area contributed by atoms with Crippen LogP contribution >= 0.6 is 0 Å². The molecule has 0 aromatic rings. The first-order valence-electron chi connectivity index (χ1n) is 2.69. The predicted molar refractivity (Wildman–Crippen MR) is 36.0 cm³/mol. The van der Waals surface area contributed by atoms with Crippen LogP contribution in [-0.4, -0.2) is 27.1 Å². The van der Waals surface area contributed by atoms with Crippen LogP contribution < -0.4 is 5.73 Å². The summed E-state index contributed by atoms with van der Waals surface area (Å²) in [7, 11) is 3.10. The number of ether oxygens (including phenoxy) is 2. The van der Waals surface area contributed by atoms with Gasteiger partial charge in [-0.1, -0.05) is 6.58 Å². The lowest BCUT2D eigenvalue weighted by Gasteiger charge is -2.13. The van der Waals surface area contributed by atoms with E-state index in [0.29, 0.717) is 6.54 Å². The van der Waals surface area contributed by atoms with Gasteiger partial charge in [-0.05, 0) is 5.57 Å². The highest BCUT2D eigenvalue weighted by atomic mass is 16.7. The molecule has 0 aromatic carbocycles. The second kappa shape index (κ2) is 4.49. The van der Waals surface area contributed by atoms with E-state index in [1.165, 1.54) is 0 Å². The maximum Gasteiger partial charge on any atom is 0.180 e. The second-order valence-corrected chi connectivity index (χ2v) is 1.67. The van der Waals surface area contributed by atoms with E-state index in [1.54, 1.807) is 14.2 Å². The largest absolute Gasteiger partial charge is 0.352 e. The molecule has 3 nitrogen and oxygen atoms in total. The van der Waals surface area contributed by atoms with Gasteiger partial charge in [0.1, 0.15) is 0 Å². The van der Waals surface area contributed by atoms with Gasteiger partial charge in [0.05, 0.1) is 0 Å². The van der Waals surface area contributed by atoms with Crippen molar-refractivity contribution in [2.24, 2.45) is 5.73 Å². The van der Waals surface area contributed by atoms with Gasteiger partial charge in [-0.15, -0.1) is 0 Å². The van der Waals surface area contributed by atoms with Gasteiger partial charge in [0.2, 0.25) is 0 Å². The first kappa shape index (κ1) is 8.62. The van der Waals surface area contributed by atoms with Gasteiger partial charge < -0.3 is 15.2 Å². The van der Waals surface area contributed by atoms with Gasteiger partial charge in [0.25, 0.3) is 0 Å².